The molecule has 0 bridgehead atoms. The third-order valence-electron chi connectivity index (χ3n) is 4.12. The molecule has 4 aromatic rings. The number of hydrogen-bond donors (Lipinski definition) is 0. The number of hydrogen-bond acceptors (Lipinski definition) is 3. The van der Waals surface area contributed by atoms with Crippen LogP contribution in [0.4, 0.5) is 0 Å². The fourth-order valence-electron chi connectivity index (χ4n) is 2.98. The first-order valence-corrected chi connectivity index (χ1v) is 8.63. The molecule has 0 aliphatic carbocycles. The van der Waals surface area contributed by atoms with Crippen molar-refractivity contribution in [3.8, 4) is 0 Å². The van der Waals surface area contributed by atoms with Gasteiger partial charge in [0, 0.05) is 36.9 Å². The van der Waals surface area contributed by atoms with Gasteiger partial charge < -0.3 is 0 Å². The van der Waals surface area contributed by atoms with E-state index in [0.29, 0.717) is 0 Å². The molecule has 3 nitrogen and oxygen atoms in total. The topological polar surface area (TPSA) is 30.7 Å². The average Bonchev–Trinajstić information content (AvgIpc) is 3.28. The second-order valence-electron chi connectivity index (χ2n) is 5.55. The molecule has 0 saturated heterocycles. The van der Waals surface area contributed by atoms with Gasteiger partial charge >= 0.3 is 0 Å². The van der Waals surface area contributed by atoms with E-state index in [4.69, 9.17) is 0 Å². The van der Waals surface area contributed by atoms with Crippen molar-refractivity contribution < 1.29 is 0 Å². The molecular weight excluding hydrogens is 302 g/mol. The van der Waals surface area contributed by atoms with Crippen molar-refractivity contribution in [1.29, 1.82) is 0 Å². The van der Waals surface area contributed by atoms with Crippen molar-refractivity contribution >= 4 is 22.1 Å². The second kappa shape index (κ2) is 6.34. The van der Waals surface area contributed by atoms with Gasteiger partial charge in [-0.3, -0.25) is 4.68 Å². The molecule has 2 heterocycles. The lowest BCUT2D eigenvalue weighted by Crippen LogP contribution is -2.05. The number of aryl methyl sites for hydroxylation is 2. The summed E-state index contributed by atoms with van der Waals surface area (Å²) in [6, 6.07) is 15.1. The summed E-state index contributed by atoms with van der Waals surface area (Å²) in [6.07, 6.45) is 7.60. The van der Waals surface area contributed by atoms with Crippen LogP contribution in [0.15, 0.2) is 66.4 Å². The highest BCUT2D eigenvalue weighted by molar-refractivity contribution is 7.09. The highest BCUT2D eigenvalue weighted by Crippen LogP contribution is 2.26. The Balaban J connectivity index is 1.72. The highest BCUT2D eigenvalue weighted by Gasteiger charge is 2.10. The highest BCUT2D eigenvalue weighted by atomic mass is 32.1. The van der Waals surface area contributed by atoms with Gasteiger partial charge in [0.1, 0.15) is 0 Å². The molecule has 0 unspecified atom stereocenters. The Morgan fingerprint density at radius 1 is 1.00 bits per heavy atom. The monoisotopic (exact) mass is 319 g/mol. The van der Waals surface area contributed by atoms with E-state index in [2.05, 4.69) is 46.5 Å². The quantitative estimate of drug-likeness (QED) is 0.548. The van der Waals surface area contributed by atoms with E-state index in [9.17, 15) is 0 Å². The summed E-state index contributed by atoms with van der Waals surface area (Å²) in [4.78, 5) is 4.47. The van der Waals surface area contributed by atoms with Crippen LogP contribution < -0.4 is 0 Å². The van der Waals surface area contributed by atoms with Gasteiger partial charge in [-0.2, -0.15) is 5.10 Å². The molecule has 0 atom stereocenters. The summed E-state index contributed by atoms with van der Waals surface area (Å²) >= 11 is 1.72. The summed E-state index contributed by atoms with van der Waals surface area (Å²) in [5.41, 5.74) is 2.78. The zero-order valence-electron chi connectivity index (χ0n) is 12.7. The minimum Gasteiger partial charge on any atom is -0.272 e. The van der Waals surface area contributed by atoms with Crippen LogP contribution in [0.3, 0.4) is 0 Å². The van der Waals surface area contributed by atoms with Crippen LogP contribution in [0.5, 0.6) is 0 Å². The Morgan fingerprint density at radius 3 is 2.78 bits per heavy atom. The molecule has 0 saturated carbocycles. The first-order valence-electron chi connectivity index (χ1n) is 7.75. The Labute approximate surface area is 139 Å². The lowest BCUT2D eigenvalue weighted by atomic mass is 9.95. The van der Waals surface area contributed by atoms with Crippen LogP contribution in [-0.2, 0) is 19.4 Å². The van der Waals surface area contributed by atoms with Crippen LogP contribution in [-0.4, -0.2) is 14.8 Å². The zero-order valence-corrected chi connectivity index (χ0v) is 13.5. The number of rotatable bonds is 5. The van der Waals surface area contributed by atoms with Crippen molar-refractivity contribution in [2.24, 2.45) is 0 Å². The van der Waals surface area contributed by atoms with Crippen LogP contribution >= 0.6 is 11.3 Å². The second-order valence-corrected chi connectivity index (χ2v) is 6.53. The molecule has 114 valence electrons. The third-order valence-corrected chi connectivity index (χ3v) is 4.90. The molecule has 0 spiro atoms. The van der Waals surface area contributed by atoms with Crippen LogP contribution in [0.2, 0.25) is 0 Å². The van der Waals surface area contributed by atoms with E-state index in [1.165, 1.54) is 26.9 Å². The maximum absolute atomic E-state index is 4.47. The summed E-state index contributed by atoms with van der Waals surface area (Å²) in [5.74, 6) is 0. The largest absolute Gasteiger partial charge is 0.272 e. The molecule has 0 N–H and O–H groups in total. The van der Waals surface area contributed by atoms with Crippen molar-refractivity contribution in [2.45, 2.75) is 19.4 Å². The zero-order chi connectivity index (χ0) is 15.5. The number of aromatic nitrogens is 3. The van der Waals surface area contributed by atoms with Gasteiger partial charge in [-0.1, -0.05) is 36.4 Å². The molecule has 0 aliphatic heterocycles. The molecule has 23 heavy (non-hydrogen) atoms. The van der Waals surface area contributed by atoms with E-state index < -0.39 is 0 Å². The number of fused-ring (bicyclic) bond motifs is 1. The maximum Gasteiger partial charge on any atom is 0.0969 e. The van der Waals surface area contributed by atoms with E-state index in [1.807, 2.05) is 34.7 Å². The van der Waals surface area contributed by atoms with Crippen LogP contribution in [0.25, 0.3) is 10.8 Å². The van der Waals surface area contributed by atoms with Gasteiger partial charge in [0.2, 0.25) is 0 Å². The van der Waals surface area contributed by atoms with E-state index in [1.54, 1.807) is 11.3 Å². The Bertz CT molecular complexity index is 896. The van der Waals surface area contributed by atoms with Gasteiger partial charge in [0.05, 0.1) is 5.01 Å². The van der Waals surface area contributed by atoms with Crippen molar-refractivity contribution in [2.75, 3.05) is 0 Å². The summed E-state index contributed by atoms with van der Waals surface area (Å²) in [7, 11) is 0. The van der Waals surface area contributed by atoms with Gasteiger partial charge in [0.25, 0.3) is 0 Å². The fraction of sp³-hybridized carbons (Fsp3) is 0.158. The SMILES string of the molecule is c1ccc2c(Cc3nccs3)c(CCn3cccn3)ccc2c1. The Morgan fingerprint density at radius 2 is 1.96 bits per heavy atom. The third kappa shape index (κ3) is 3.03. The minimum absolute atomic E-state index is 0.896. The molecule has 2 aromatic carbocycles. The van der Waals surface area contributed by atoms with Gasteiger partial charge in [-0.05, 0) is 34.4 Å². The molecule has 0 amide bonds. The predicted octanol–water partition coefficient (Wildman–Crippen LogP) is 4.33. The lowest BCUT2D eigenvalue weighted by Gasteiger charge is -2.13. The lowest BCUT2D eigenvalue weighted by molar-refractivity contribution is 0.613. The van der Waals surface area contributed by atoms with Gasteiger partial charge in [0.15, 0.2) is 0 Å². The van der Waals surface area contributed by atoms with E-state index in [0.717, 1.165) is 19.4 Å². The van der Waals surface area contributed by atoms with Crippen molar-refractivity contribution in [1.82, 2.24) is 14.8 Å². The molecular formula is C19H17N3S. The predicted molar refractivity (Wildman–Crippen MR) is 94.8 cm³/mol. The first-order chi connectivity index (χ1) is 11.4. The van der Waals surface area contributed by atoms with Crippen molar-refractivity contribution in [3.05, 3.63) is 82.6 Å². The Kier molecular flexibility index (Phi) is 3.90. The molecule has 2 aromatic heterocycles. The molecule has 0 aliphatic rings. The number of nitrogens with zero attached hydrogens (tertiary/aromatic N) is 3. The molecule has 4 heteroatoms. The summed E-state index contributed by atoms with van der Waals surface area (Å²) in [5, 5.41) is 10.1. The number of thiazole rings is 1. The summed E-state index contributed by atoms with van der Waals surface area (Å²) < 4.78 is 1.99. The first kappa shape index (κ1) is 14.2. The average molecular weight is 319 g/mol. The minimum atomic E-state index is 0.896. The normalized spacial score (nSPS) is 11.1. The smallest absolute Gasteiger partial charge is 0.0969 e. The van der Waals surface area contributed by atoms with Crippen molar-refractivity contribution in [3.63, 3.8) is 0 Å². The maximum atomic E-state index is 4.47. The fourth-order valence-corrected chi connectivity index (χ4v) is 3.61. The van der Waals surface area contributed by atoms with Crippen LogP contribution in [0.1, 0.15) is 16.1 Å². The Hall–Kier alpha value is -2.46. The molecule has 0 fully saturated rings. The van der Waals surface area contributed by atoms with Crippen LogP contribution in [0, 0.1) is 0 Å². The molecule has 4 rings (SSSR count). The summed E-state index contributed by atoms with van der Waals surface area (Å²) in [6.45, 7) is 0.899. The van der Waals surface area contributed by atoms with Gasteiger partial charge in [-0.25, -0.2) is 4.98 Å². The van der Waals surface area contributed by atoms with E-state index >= 15 is 0 Å². The number of benzene rings is 2. The standard InChI is InChI=1S/C19H17N3S/c1-2-5-17-15(4-1)6-7-16(8-12-22-11-3-9-21-22)18(17)14-19-20-10-13-23-19/h1-7,9-11,13H,8,12,14H2. The van der Waals surface area contributed by atoms with E-state index in [-0.39, 0.29) is 0 Å². The molecule has 0 radical (unpaired) electrons. The van der Waals surface area contributed by atoms with Gasteiger partial charge in [-0.15, -0.1) is 11.3 Å².